The van der Waals surface area contributed by atoms with Crippen molar-refractivity contribution >= 4 is 5.78 Å². The topological polar surface area (TPSA) is 76.3 Å². The number of ether oxygens (including phenoxy) is 2. The molecule has 0 amide bonds. The van der Waals surface area contributed by atoms with Crippen molar-refractivity contribution in [1.29, 1.82) is 5.26 Å². The minimum Gasteiger partial charge on any atom is -0.491 e. The summed E-state index contributed by atoms with van der Waals surface area (Å²) in [5.41, 5.74) is 3.58. The van der Waals surface area contributed by atoms with Gasteiger partial charge < -0.3 is 19.4 Å². The van der Waals surface area contributed by atoms with Crippen LogP contribution in [0.1, 0.15) is 59.6 Å². The molecule has 2 aliphatic heterocycles. The highest BCUT2D eigenvalue weighted by molar-refractivity contribution is 6.09. The van der Waals surface area contributed by atoms with Gasteiger partial charge in [0.15, 0.2) is 5.60 Å². The van der Waals surface area contributed by atoms with Gasteiger partial charge in [-0.05, 0) is 81.9 Å². The second-order valence-electron chi connectivity index (χ2n) is 9.03. The van der Waals surface area contributed by atoms with Gasteiger partial charge in [-0.15, -0.1) is 0 Å². The van der Waals surface area contributed by atoms with Crippen molar-refractivity contribution in [2.75, 3.05) is 13.1 Å². The molecule has 1 aromatic heterocycles. The Morgan fingerprint density at radius 3 is 2.67 bits per heavy atom. The second-order valence-corrected chi connectivity index (χ2v) is 9.03. The van der Waals surface area contributed by atoms with E-state index in [-0.39, 0.29) is 11.9 Å². The highest BCUT2D eigenvalue weighted by Gasteiger charge is 2.44. The van der Waals surface area contributed by atoms with Gasteiger partial charge in [0.25, 0.3) is 0 Å². The Morgan fingerprint density at radius 1 is 1.18 bits per heavy atom. The number of benzene rings is 2. The quantitative estimate of drug-likeness (QED) is 0.597. The number of nitrogens with zero attached hydrogens (tertiary/aromatic N) is 2. The molecule has 6 nitrogen and oxygen atoms in total. The molecular formula is C27H27N3O3. The smallest absolute Gasteiger partial charge is 0.209 e. The van der Waals surface area contributed by atoms with Crippen LogP contribution in [0.15, 0.2) is 48.5 Å². The van der Waals surface area contributed by atoms with Gasteiger partial charge in [0.05, 0.1) is 23.1 Å². The van der Waals surface area contributed by atoms with E-state index in [0.717, 1.165) is 42.9 Å². The van der Waals surface area contributed by atoms with Gasteiger partial charge in [0, 0.05) is 18.4 Å². The number of aryl methyl sites for hydroxylation is 1. The molecule has 5 rings (SSSR count). The number of aromatic nitrogens is 1. The van der Waals surface area contributed by atoms with Crippen LogP contribution in [0.3, 0.4) is 0 Å². The predicted octanol–water partition coefficient (Wildman–Crippen LogP) is 4.65. The first kappa shape index (κ1) is 21.3. The number of piperidine rings is 1. The molecule has 2 aromatic carbocycles. The number of rotatable bonds is 4. The lowest BCUT2D eigenvalue weighted by Gasteiger charge is -2.42. The van der Waals surface area contributed by atoms with E-state index in [2.05, 4.69) is 11.4 Å². The average molecular weight is 442 g/mol. The van der Waals surface area contributed by atoms with Crippen molar-refractivity contribution in [1.82, 2.24) is 9.88 Å². The summed E-state index contributed by atoms with van der Waals surface area (Å²) in [6.07, 6.45) is 1.65. The molecule has 168 valence electrons. The van der Waals surface area contributed by atoms with Crippen molar-refractivity contribution in [3.8, 4) is 23.3 Å². The number of nitriles is 1. The molecule has 1 N–H and O–H groups in total. The van der Waals surface area contributed by atoms with Crippen molar-refractivity contribution < 1.29 is 14.3 Å². The van der Waals surface area contributed by atoms with Crippen LogP contribution in [-0.2, 0) is 5.60 Å². The summed E-state index contributed by atoms with van der Waals surface area (Å²) in [7, 11) is 0. The van der Waals surface area contributed by atoms with Gasteiger partial charge in [-0.1, -0.05) is 6.07 Å². The third kappa shape index (κ3) is 3.49. The number of hydrogen-bond acceptors (Lipinski definition) is 5. The zero-order chi connectivity index (χ0) is 23.2. The van der Waals surface area contributed by atoms with Crippen LogP contribution in [0, 0.1) is 18.3 Å². The Labute approximate surface area is 193 Å². The van der Waals surface area contributed by atoms with Crippen LogP contribution in [0.25, 0.3) is 5.69 Å². The SMILES string of the molecule is Cc1cc(C(=O)c2ccc3n2-c2c(C#N)cccc2OC32CCNCC2)ccc1OC(C)C. The molecule has 0 aliphatic carbocycles. The van der Waals surface area contributed by atoms with Crippen LogP contribution in [0.4, 0.5) is 0 Å². The van der Waals surface area contributed by atoms with Gasteiger partial charge in [-0.2, -0.15) is 5.26 Å². The summed E-state index contributed by atoms with van der Waals surface area (Å²) in [6, 6.07) is 17.1. The summed E-state index contributed by atoms with van der Waals surface area (Å²) in [6.45, 7) is 7.57. The van der Waals surface area contributed by atoms with Crippen molar-refractivity contribution in [2.45, 2.75) is 45.3 Å². The predicted molar refractivity (Wildman–Crippen MR) is 125 cm³/mol. The lowest BCUT2D eigenvalue weighted by atomic mass is 9.87. The Bertz CT molecular complexity index is 1280. The Hall–Kier alpha value is -3.56. The average Bonchev–Trinajstić information content (AvgIpc) is 3.26. The van der Waals surface area contributed by atoms with Gasteiger partial charge in [0.1, 0.15) is 23.3 Å². The summed E-state index contributed by atoms with van der Waals surface area (Å²) < 4.78 is 14.4. The molecule has 33 heavy (non-hydrogen) atoms. The van der Waals surface area contributed by atoms with E-state index in [1.54, 1.807) is 6.07 Å². The second kappa shape index (κ2) is 8.09. The van der Waals surface area contributed by atoms with Gasteiger partial charge in [-0.25, -0.2) is 0 Å². The number of carbonyl (C=O) groups is 1. The molecule has 1 fully saturated rings. The summed E-state index contributed by atoms with van der Waals surface area (Å²) in [5, 5.41) is 13.2. The van der Waals surface area contributed by atoms with Gasteiger partial charge in [0.2, 0.25) is 5.78 Å². The standard InChI is InChI=1S/C27H27N3O3/c1-17(2)32-22-9-7-19(15-18(22)3)26(31)21-8-10-24-27(11-13-29-14-12-27)33-23-6-4-5-20(16-28)25(23)30(21)24/h4-10,15,17,29H,11-14H2,1-3H3. The van der Waals surface area contributed by atoms with Crippen LogP contribution in [-0.4, -0.2) is 29.5 Å². The Balaban J connectivity index is 1.65. The van der Waals surface area contributed by atoms with Crippen molar-refractivity contribution in [3.05, 3.63) is 76.6 Å². The molecule has 0 unspecified atom stereocenters. The van der Waals surface area contributed by atoms with Crippen LogP contribution in [0.5, 0.6) is 11.5 Å². The molecular weight excluding hydrogens is 414 g/mol. The normalized spacial score (nSPS) is 16.0. The van der Waals surface area contributed by atoms with E-state index in [4.69, 9.17) is 9.47 Å². The summed E-state index contributed by atoms with van der Waals surface area (Å²) in [4.78, 5) is 13.7. The van der Waals surface area contributed by atoms with Crippen molar-refractivity contribution in [3.63, 3.8) is 0 Å². The van der Waals surface area contributed by atoms with E-state index in [1.807, 2.05) is 67.8 Å². The molecule has 1 spiro atoms. The zero-order valence-corrected chi connectivity index (χ0v) is 19.1. The van der Waals surface area contributed by atoms with Gasteiger partial charge in [-0.3, -0.25) is 4.79 Å². The van der Waals surface area contributed by atoms with Crippen molar-refractivity contribution in [2.24, 2.45) is 0 Å². The Morgan fingerprint density at radius 2 is 1.97 bits per heavy atom. The fourth-order valence-corrected chi connectivity index (χ4v) is 4.91. The Kier molecular flexibility index (Phi) is 5.22. The number of carbonyl (C=O) groups excluding carboxylic acids is 1. The first-order chi connectivity index (χ1) is 15.9. The minimum atomic E-state index is -0.518. The summed E-state index contributed by atoms with van der Waals surface area (Å²) in [5.74, 6) is 1.33. The highest BCUT2D eigenvalue weighted by Crippen LogP contribution is 2.46. The van der Waals surface area contributed by atoms with Crippen LogP contribution >= 0.6 is 0 Å². The lowest BCUT2D eigenvalue weighted by Crippen LogP contribution is -2.47. The molecule has 0 atom stereocenters. The van der Waals surface area contributed by atoms with Gasteiger partial charge >= 0.3 is 0 Å². The molecule has 2 aliphatic rings. The summed E-state index contributed by atoms with van der Waals surface area (Å²) >= 11 is 0. The van der Waals surface area contributed by atoms with E-state index in [0.29, 0.717) is 28.3 Å². The minimum absolute atomic E-state index is 0.0602. The fraction of sp³-hybridized carbons (Fsp3) is 0.333. The number of para-hydroxylation sites is 1. The number of hydrogen-bond donors (Lipinski definition) is 1. The molecule has 6 heteroatoms. The maximum atomic E-state index is 13.7. The van der Waals surface area contributed by atoms with E-state index >= 15 is 0 Å². The van der Waals surface area contributed by atoms with E-state index in [9.17, 15) is 10.1 Å². The number of ketones is 1. The van der Waals surface area contributed by atoms with Crippen LogP contribution in [0.2, 0.25) is 0 Å². The zero-order valence-electron chi connectivity index (χ0n) is 19.1. The molecule has 3 heterocycles. The largest absolute Gasteiger partial charge is 0.491 e. The third-order valence-electron chi connectivity index (χ3n) is 6.44. The maximum Gasteiger partial charge on any atom is 0.209 e. The van der Waals surface area contributed by atoms with Crippen LogP contribution < -0.4 is 14.8 Å². The lowest BCUT2D eigenvalue weighted by molar-refractivity contribution is 0.0200. The van der Waals surface area contributed by atoms with E-state index in [1.165, 1.54) is 0 Å². The third-order valence-corrected chi connectivity index (χ3v) is 6.44. The number of nitrogens with one attached hydrogen (secondary N) is 1. The first-order valence-electron chi connectivity index (χ1n) is 11.4. The molecule has 0 radical (unpaired) electrons. The maximum absolute atomic E-state index is 13.7. The highest BCUT2D eigenvalue weighted by atomic mass is 16.5. The number of fused-ring (bicyclic) bond motifs is 4. The molecule has 0 saturated carbocycles. The monoisotopic (exact) mass is 441 g/mol. The molecule has 0 bridgehead atoms. The molecule has 1 saturated heterocycles. The molecule has 3 aromatic rings. The first-order valence-corrected chi connectivity index (χ1v) is 11.4. The fourth-order valence-electron chi connectivity index (χ4n) is 4.91. The van der Waals surface area contributed by atoms with E-state index < -0.39 is 5.60 Å².